The molecule has 0 unspecified atom stereocenters. The molecule has 3 rings (SSSR count). The monoisotopic (exact) mass is 362 g/mol. The summed E-state index contributed by atoms with van der Waals surface area (Å²) in [5, 5.41) is 6.05. The van der Waals surface area contributed by atoms with Gasteiger partial charge in [-0.3, -0.25) is 4.79 Å². The van der Waals surface area contributed by atoms with Crippen LogP contribution in [0.3, 0.4) is 0 Å². The van der Waals surface area contributed by atoms with Gasteiger partial charge in [0, 0.05) is 24.4 Å². The number of methoxy groups -OCH3 is 1. The van der Waals surface area contributed by atoms with Crippen molar-refractivity contribution in [2.75, 3.05) is 24.3 Å². The Balaban J connectivity index is 1.53. The second-order valence-corrected chi connectivity index (χ2v) is 5.99. The summed E-state index contributed by atoms with van der Waals surface area (Å²) in [4.78, 5) is 20.6. The lowest BCUT2D eigenvalue weighted by Crippen LogP contribution is -2.15. The molecule has 1 heterocycles. The molecule has 3 aromatic rings. The lowest BCUT2D eigenvalue weighted by molar-refractivity contribution is 0.102. The van der Waals surface area contributed by atoms with Gasteiger partial charge in [-0.15, -0.1) is 0 Å². The van der Waals surface area contributed by atoms with Crippen LogP contribution in [0.4, 0.5) is 11.5 Å². The van der Waals surface area contributed by atoms with E-state index in [2.05, 4.69) is 32.7 Å². The van der Waals surface area contributed by atoms with Gasteiger partial charge in [-0.25, -0.2) is 9.97 Å². The second-order valence-electron chi connectivity index (χ2n) is 5.99. The van der Waals surface area contributed by atoms with Crippen molar-refractivity contribution in [1.82, 2.24) is 9.97 Å². The third-order valence-electron chi connectivity index (χ3n) is 4.02. The highest BCUT2D eigenvalue weighted by molar-refractivity contribution is 6.03. The number of anilines is 2. The van der Waals surface area contributed by atoms with Crippen LogP contribution < -0.4 is 15.4 Å². The summed E-state index contributed by atoms with van der Waals surface area (Å²) in [6.45, 7) is 0.767. The van der Waals surface area contributed by atoms with Crippen LogP contribution in [-0.4, -0.2) is 29.5 Å². The van der Waals surface area contributed by atoms with E-state index in [0.717, 1.165) is 19.4 Å². The Bertz CT molecular complexity index is 884. The van der Waals surface area contributed by atoms with Gasteiger partial charge in [0.05, 0.1) is 7.11 Å². The maximum atomic E-state index is 12.4. The van der Waals surface area contributed by atoms with E-state index >= 15 is 0 Å². The van der Waals surface area contributed by atoms with Gasteiger partial charge in [0.2, 0.25) is 0 Å². The molecule has 0 fully saturated rings. The van der Waals surface area contributed by atoms with E-state index in [-0.39, 0.29) is 5.91 Å². The number of amides is 1. The van der Waals surface area contributed by atoms with Crippen LogP contribution >= 0.6 is 0 Å². The molecule has 0 spiro atoms. The SMILES string of the molecule is COc1cccc(NC(=O)c2cc(NCCCc3ccccc3)ncn2)c1. The van der Waals surface area contributed by atoms with Crippen molar-refractivity contribution in [2.24, 2.45) is 0 Å². The molecule has 1 amide bonds. The zero-order chi connectivity index (χ0) is 18.9. The van der Waals surface area contributed by atoms with Crippen molar-refractivity contribution in [3.8, 4) is 5.75 Å². The standard InChI is InChI=1S/C21H22N4O2/c1-27-18-11-5-10-17(13-18)25-21(26)19-14-20(24-15-23-19)22-12-6-9-16-7-3-2-4-8-16/h2-5,7-8,10-11,13-15H,6,9,12H2,1H3,(H,25,26)(H,22,23,24). The van der Waals surface area contributed by atoms with Gasteiger partial charge in [0.15, 0.2) is 0 Å². The maximum absolute atomic E-state index is 12.4. The molecule has 0 aliphatic carbocycles. The molecule has 0 saturated carbocycles. The Morgan fingerprint density at radius 1 is 1.04 bits per heavy atom. The average molecular weight is 362 g/mol. The molecule has 0 saturated heterocycles. The van der Waals surface area contributed by atoms with Crippen LogP contribution in [0.25, 0.3) is 0 Å². The fraction of sp³-hybridized carbons (Fsp3) is 0.190. The lowest BCUT2D eigenvalue weighted by Gasteiger charge is -2.08. The molecule has 0 aliphatic heterocycles. The van der Waals surface area contributed by atoms with E-state index < -0.39 is 0 Å². The normalized spacial score (nSPS) is 10.3. The van der Waals surface area contributed by atoms with Crippen molar-refractivity contribution in [3.05, 3.63) is 78.2 Å². The van der Waals surface area contributed by atoms with E-state index in [0.29, 0.717) is 22.9 Å². The highest BCUT2D eigenvalue weighted by Gasteiger charge is 2.09. The molecule has 6 heteroatoms. The fourth-order valence-electron chi connectivity index (χ4n) is 2.63. The molecule has 27 heavy (non-hydrogen) atoms. The second kappa shape index (κ2) is 9.33. The Kier molecular flexibility index (Phi) is 6.35. The summed E-state index contributed by atoms with van der Waals surface area (Å²) in [5.74, 6) is 1.02. The molecule has 0 aliphatic rings. The number of nitrogens with zero attached hydrogens (tertiary/aromatic N) is 2. The minimum Gasteiger partial charge on any atom is -0.497 e. The smallest absolute Gasteiger partial charge is 0.274 e. The number of nitrogens with one attached hydrogen (secondary N) is 2. The van der Waals surface area contributed by atoms with E-state index in [1.807, 2.05) is 30.3 Å². The fourth-order valence-corrected chi connectivity index (χ4v) is 2.63. The largest absolute Gasteiger partial charge is 0.497 e. The molecular weight excluding hydrogens is 340 g/mol. The molecule has 0 bridgehead atoms. The van der Waals surface area contributed by atoms with Crippen molar-refractivity contribution >= 4 is 17.4 Å². The van der Waals surface area contributed by atoms with Crippen molar-refractivity contribution in [2.45, 2.75) is 12.8 Å². The molecule has 1 aromatic heterocycles. The van der Waals surface area contributed by atoms with Crippen molar-refractivity contribution in [1.29, 1.82) is 0 Å². The first-order valence-corrected chi connectivity index (χ1v) is 8.80. The minimum atomic E-state index is -0.294. The summed E-state index contributed by atoms with van der Waals surface area (Å²) in [6.07, 6.45) is 3.35. The number of hydrogen-bond donors (Lipinski definition) is 2. The van der Waals surface area contributed by atoms with Crippen molar-refractivity contribution in [3.63, 3.8) is 0 Å². The number of aryl methyl sites for hydroxylation is 1. The van der Waals surface area contributed by atoms with E-state index in [1.54, 1.807) is 25.3 Å². The average Bonchev–Trinajstić information content (AvgIpc) is 2.72. The zero-order valence-electron chi connectivity index (χ0n) is 15.2. The van der Waals surface area contributed by atoms with Gasteiger partial charge in [0.1, 0.15) is 23.6 Å². The summed E-state index contributed by atoms with van der Waals surface area (Å²) in [6, 6.07) is 19.2. The number of carbonyl (C=O) groups is 1. The Hall–Kier alpha value is -3.41. The lowest BCUT2D eigenvalue weighted by atomic mass is 10.1. The molecular formula is C21H22N4O2. The van der Waals surface area contributed by atoms with E-state index in [1.165, 1.54) is 11.9 Å². The van der Waals surface area contributed by atoms with Gasteiger partial charge in [-0.1, -0.05) is 36.4 Å². The number of ether oxygens (including phenoxy) is 1. The van der Waals surface area contributed by atoms with Crippen LogP contribution in [-0.2, 0) is 6.42 Å². The molecule has 6 nitrogen and oxygen atoms in total. The van der Waals surface area contributed by atoms with Crippen LogP contribution in [0, 0.1) is 0 Å². The third-order valence-corrected chi connectivity index (χ3v) is 4.02. The number of aromatic nitrogens is 2. The molecule has 138 valence electrons. The van der Waals surface area contributed by atoms with E-state index in [4.69, 9.17) is 4.74 Å². The highest BCUT2D eigenvalue weighted by atomic mass is 16.5. The van der Waals surface area contributed by atoms with Crippen LogP contribution in [0.15, 0.2) is 67.0 Å². The topological polar surface area (TPSA) is 76.1 Å². The molecule has 2 N–H and O–H groups in total. The quantitative estimate of drug-likeness (QED) is 0.597. The number of hydrogen-bond acceptors (Lipinski definition) is 5. The minimum absolute atomic E-state index is 0.294. The first-order valence-electron chi connectivity index (χ1n) is 8.80. The van der Waals surface area contributed by atoms with Crippen LogP contribution in [0.1, 0.15) is 22.5 Å². The summed E-state index contributed by atoms with van der Waals surface area (Å²) >= 11 is 0. The zero-order valence-corrected chi connectivity index (χ0v) is 15.2. The summed E-state index contributed by atoms with van der Waals surface area (Å²) < 4.78 is 5.16. The van der Waals surface area contributed by atoms with Crippen LogP contribution in [0.5, 0.6) is 5.75 Å². The van der Waals surface area contributed by atoms with Crippen molar-refractivity contribution < 1.29 is 9.53 Å². The van der Waals surface area contributed by atoms with E-state index in [9.17, 15) is 4.79 Å². The number of benzene rings is 2. The molecule has 2 aromatic carbocycles. The predicted octanol–water partition coefficient (Wildman–Crippen LogP) is 3.78. The third kappa shape index (κ3) is 5.54. The van der Waals surface area contributed by atoms with Gasteiger partial charge >= 0.3 is 0 Å². The van der Waals surface area contributed by atoms with Gasteiger partial charge < -0.3 is 15.4 Å². The maximum Gasteiger partial charge on any atom is 0.274 e. The van der Waals surface area contributed by atoms with Crippen LogP contribution in [0.2, 0.25) is 0 Å². The first kappa shape index (κ1) is 18.4. The number of carbonyl (C=O) groups excluding carboxylic acids is 1. The Morgan fingerprint density at radius 2 is 1.89 bits per heavy atom. The molecule has 0 radical (unpaired) electrons. The van der Waals surface area contributed by atoms with Gasteiger partial charge in [-0.2, -0.15) is 0 Å². The van der Waals surface area contributed by atoms with Gasteiger partial charge in [-0.05, 0) is 30.5 Å². The Morgan fingerprint density at radius 3 is 2.70 bits per heavy atom. The Labute approximate surface area is 158 Å². The highest BCUT2D eigenvalue weighted by Crippen LogP contribution is 2.17. The first-order chi connectivity index (χ1) is 13.2. The summed E-state index contributed by atoms with van der Waals surface area (Å²) in [7, 11) is 1.58. The molecule has 0 atom stereocenters. The number of rotatable bonds is 8. The van der Waals surface area contributed by atoms with Gasteiger partial charge in [0.25, 0.3) is 5.91 Å². The predicted molar refractivity (Wildman–Crippen MR) is 106 cm³/mol. The summed E-state index contributed by atoms with van der Waals surface area (Å²) in [5.41, 5.74) is 2.26.